The third kappa shape index (κ3) is 3.62. The summed E-state index contributed by atoms with van der Waals surface area (Å²) >= 11 is 5.86. The number of aromatic amines is 1. The van der Waals surface area contributed by atoms with Crippen LogP contribution in [0.25, 0.3) is 0 Å². The molecule has 0 aliphatic carbocycles. The normalized spacial score (nSPS) is 13.7. The molecule has 0 amide bonds. The molecule has 0 aliphatic rings. The van der Waals surface area contributed by atoms with E-state index >= 15 is 0 Å². The molecule has 0 bridgehead atoms. The van der Waals surface area contributed by atoms with E-state index in [1.54, 1.807) is 31.2 Å². The van der Waals surface area contributed by atoms with Gasteiger partial charge in [0.2, 0.25) is 0 Å². The van der Waals surface area contributed by atoms with E-state index in [2.05, 4.69) is 10.2 Å². The molecule has 2 unspecified atom stereocenters. The van der Waals surface area contributed by atoms with Crippen LogP contribution in [0.1, 0.15) is 35.5 Å². The summed E-state index contributed by atoms with van der Waals surface area (Å²) in [7, 11) is 0. The summed E-state index contributed by atoms with van der Waals surface area (Å²) in [5.41, 5.74) is 2.91. The van der Waals surface area contributed by atoms with E-state index in [1.807, 2.05) is 6.92 Å². The Morgan fingerprint density at radius 2 is 2.10 bits per heavy atom. The number of aromatic nitrogens is 2. The molecule has 0 saturated carbocycles. The summed E-state index contributed by atoms with van der Waals surface area (Å²) in [5, 5.41) is 18.2. The number of carbonyl (C=O) groups is 1. The molecule has 1 aromatic heterocycles. The second-order valence-electron chi connectivity index (χ2n) is 4.91. The van der Waals surface area contributed by atoms with Crippen molar-refractivity contribution in [1.82, 2.24) is 10.2 Å². The molecule has 1 aromatic carbocycles. The van der Waals surface area contributed by atoms with Gasteiger partial charge in [0.25, 0.3) is 6.47 Å². The number of aliphatic hydroxyl groups is 1. The highest BCUT2D eigenvalue weighted by Gasteiger charge is 2.21. The predicted molar refractivity (Wildman–Crippen MR) is 79.2 cm³/mol. The lowest BCUT2D eigenvalue weighted by Crippen LogP contribution is -2.13. The molecular formula is C15H17ClN2O3. The third-order valence-electron chi connectivity index (χ3n) is 3.30. The van der Waals surface area contributed by atoms with Gasteiger partial charge in [-0.1, -0.05) is 23.7 Å². The van der Waals surface area contributed by atoms with Gasteiger partial charge in [-0.25, -0.2) is 0 Å². The van der Waals surface area contributed by atoms with Gasteiger partial charge in [0.1, 0.15) is 12.2 Å². The molecule has 2 atom stereocenters. The van der Waals surface area contributed by atoms with E-state index in [-0.39, 0.29) is 6.10 Å². The number of nitrogens with zero attached hydrogens (tertiary/aromatic N) is 1. The Labute approximate surface area is 127 Å². The van der Waals surface area contributed by atoms with Crippen LogP contribution in [0.3, 0.4) is 0 Å². The fraction of sp³-hybridized carbons (Fsp3) is 0.333. The number of hydrogen-bond acceptors (Lipinski definition) is 4. The Hall–Kier alpha value is -1.85. The van der Waals surface area contributed by atoms with Crippen molar-refractivity contribution in [3.05, 3.63) is 51.8 Å². The minimum atomic E-state index is -0.806. The van der Waals surface area contributed by atoms with Crippen LogP contribution < -0.4 is 0 Å². The topological polar surface area (TPSA) is 75.2 Å². The van der Waals surface area contributed by atoms with Gasteiger partial charge in [-0.3, -0.25) is 9.89 Å². The van der Waals surface area contributed by atoms with Crippen LogP contribution in [0.5, 0.6) is 0 Å². The van der Waals surface area contributed by atoms with Crippen LogP contribution in [-0.2, 0) is 16.0 Å². The van der Waals surface area contributed by atoms with Gasteiger partial charge in [0.05, 0.1) is 5.69 Å². The van der Waals surface area contributed by atoms with Gasteiger partial charge in [0, 0.05) is 22.7 Å². The van der Waals surface area contributed by atoms with E-state index in [1.165, 1.54) is 0 Å². The lowest BCUT2D eigenvalue weighted by Gasteiger charge is -2.14. The summed E-state index contributed by atoms with van der Waals surface area (Å²) < 4.78 is 4.88. The first-order chi connectivity index (χ1) is 10.0. The molecular weight excluding hydrogens is 292 g/mol. The maximum atomic E-state index is 10.6. The number of aliphatic hydroxyl groups excluding tert-OH is 1. The molecule has 1 heterocycles. The number of ether oxygens (including phenoxy) is 1. The highest BCUT2D eigenvalue weighted by molar-refractivity contribution is 6.30. The number of aryl methyl sites for hydroxylation is 1. The van der Waals surface area contributed by atoms with E-state index in [0.29, 0.717) is 29.2 Å². The average Bonchev–Trinajstić information content (AvgIpc) is 2.80. The molecule has 0 saturated heterocycles. The van der Waals surface area contributed by atoms with Gasteiger partial charge in [-0.2, -0.15) is 5.10 Å². The van der Waals surface area contributed by atoms with Crippen LogP contribution in [0.4, 0.5) is 0 Å². The second kappa shape index (κ2) is 6.74. The lowest BCUT2D eigenvalue weighted by atomic mass is 9.97. The fourth-order valence-corrected chi connectivity index (χ4v) is 2.36. The van der Waals surface area contributed by atoms with Crippen molar-refractivity contribution < 1.29 is 14.6 Å². The van der Waals surface area contributed by atoms with Gasteiger partial charge in [0.15, 0.2) is 0 Å². The smallest absolute Gasteiger partial charge is 0.293 e. The van der Waals surface area contributed by atoms with Crippen molar-refractivity contribution >= 4 is 18.1 Å². The Morgan fingerprint density at radius 1 is 1.43 bits per heavy atom. The summed E-state index contributed by atoms with van der Waals surface area (Å²) in [4.78, 5) is 10.4. The quantitative estimate of drug-likeness (QED) is 0.804. The summed E-state index contributed by atoms with van der Waals surface area (Å²) in [6, 6.07) is 7.00. The monoisotopic (exact) mass is 308 g/mol. The zero-order valence-electron chi connectivity index (χ0n) is 11.8. The number of nitrogens with one attached hydrogen (secondary N) is 1. The molecule has 5 nitrogen and oxygen atoms in total. The largest absolute Gasteiger partial charge is 0.464 e. The predicted octanol–water partition coefficient (Wildman–Crippen LogP) is 2.56. The van der Waals surface area contributed by atoms with Crippen LogP contribution in [0.15, 0.2) is 24.3 Å². The van der Waals surface area contributed by atoms with Crippen LogP contribution in [0, 0.1) is 6.92 Å². The van der Waals surface area contributed by atoms with Gasteiger partial charge in [-0.15, -0.1) is 0 Å². The SMILES string of the molecule is Cc1[nH]nc(CC(C)OC=O)c1C(O)c1ccc(Cl)cc1. The van der Waals surface area contributed by atoms with Gasteiger partial charge < -0.3 is 9.84 Å². The molecule has 21 heavy (non-hydrogen) atoms. The highest BCUT2D eigenvalue weighted by Crippen LogP contribution is 2.28. The fourth-order valence-electron chi connectivity index (χ4n) is 2.23. The van der Waals surface area contributed by atoms with Gasteiger partial charge in [-0.05, 0) is 31.5 Å². The molecule has 2 aromatic rings. The minimum Gasteiger partial charge on any atom is -0.464 e. The number of hydrogen-bond donors (Lipinski definition) is 2. The molecule has 2 rings (SSSR count). The minimum absolute atomic E-state index is 0.304. The third-order valence-corrected chi connectivity index (χ3v) is 3.55. The maximum absolute atomic E-state index is 10.6. The molecule has 6 heteroatoms. The van der Waals surface area contributed by atoms with Crippen LogP contribution >= 0.6 is 11.6 Å². The molecule has 0 fully saturated rings. The summed E-state index contributed by atoms with van der Waals surface area (Å²) in [6.07, 6.45) is -0.677. The van der Waals surface area contributed by atoms with Crippen molar-refractivity contribution in [2.45, 2.75) is 32.5 Å². The average molecular weight is 309 g/mol. The van der Waals surface area contributed by atoms with E-state index < -0.39 is 6.10 Å². The molecule has 0 radical (unpaired) electrons. The van der Waals surface area contributed by atoms with Crippen LogP contribution in [0.2, 0.25) is 5.02 Å². The standard InChI is InChI=1S/C15H17ClN2O3/c1-9(21-8-19)7-13-14(10(2)17-18-13)15(20)11-3-5-12(16)6-4-11/h3-6,8-9,15,20H,7H2,1-2H3,(H,17,18). The Balaban J connectivity index is 2.27. The highest BCUT2D eigenvalue weighted by atomic mass is 35.5. The lowest BCUT2D eigenvalue weighted by molar-refractivity contribution is -0.132. The number of halogens is 1. The van der Waals surface area contributed by atoms with Crippen LogP contribution in [-0.4, -0.2) is 27.9 Å². The Bertz CT molecular complexity index is 610. The zero-order valence-corrected chi connectivity index (χ0v) is 12.6. The summed E-state index contributed by atoms with van der Waals surface area (Å²) in [5.74, 6) is 0. The Morgan fingerprint density at radius 3 is 2.71 bits per heavy atom. The van der Waals surface area contributed by atoms with Crippen molar-refractivity contribution in [3.63, 3.8) is 0 Å². The van der Waals surface area contributed by atoms with Crippen molar-refractivity contribution in [2.24, 2.45) is 0 Å². The number of benzene rings is 1. The first-order valence-corrected chi connectivity index (χ1v) is 6.97. The molecule has 2 N–H and O–H groups in total. The van der Waals surface area contributed by atoms with Crippen molar-refractivity contribution in [3.8, 4) is 0 Å². The van der Waals surface area contributed by atoms with E-state index in [9.17, 15) is 9.90 Å². The summed E-state index contributed by atoms with van der Waals surface area (Å²) in [6.45, 7) is 4.03. The van der Waals surface area contributed by atoms with E-state index in [4.69, 9.17) is 16.3 Å². The number of H-pyrrole nitrogens is 1. The molecule has 0 aliphatic heterocycles. The molecule has 112 valence electrons. The van der Waals surface area contributed by atoms with Crippen molar-refractivity contribution in [1.29, 1.82) is 0 Å². The first kappa shape index (κ1) is 15.5. The molecule has 0 spiro atoms. The first-order valence-electron chi connectivity index (χ1n) is 6.59. The number of rotatable bonds is 6. The Kier molecular flexibility index (Phi) is 4.98. The second-order valence-corrected chi connectivity index (χ2v) is 5.35. The van der Waals surface area contributed by atoms with Gasteiger partial charge >= 0.3 is 0 Å². The number of carbonyl (C=O) groups excluding carboxylic acids is 1. The zero-order chi connectivity index (χ0) is 15.4. The van der Waals surface area contributed by atoms with Crippen molar-refractivity contribution in [2.75, 3.05) is 0 Å². The van der Waals surface area contributed by atoms with E-state index in [0.717, 1.165) is 11.3 Å². The maximum Gasteiger partial charge on any atom is 0.293 e.